The van der Waals surface area contributed by atoms with Crippen LogP contribution in [-0.4, -0.2) is 26.5 Å². The van der Waals surface area contributed by atoms with E-state index in [1.165, 1.54) is 6.08 Å². The SMILES string of the molecule is CC1=C(Cl)C(Br)(C(=O)O)CC(C(=O)O)=C1. The number of hydrogen-bond acceptors (Lipinski definition) is 2. The highest BCUT2D eigenvalue weighted by Crippen LogP contribution is 2.42. The maximum atomic E-state index is 11.0. The first-order valence-corrected chi connectivity index (χ1v) is 5.19. The standard InChI is InChI=1S/C9H8BrClO4/c1-4-2-5(7(12)13)3-9(10,6(4)11)8(14)15/h2H,3H2,1H3,(H,12,13)(H,14,15). The van der Waals surface area contributed by atoms with Crippen molar-refractivity contribution in [3.8, 4) is 0 Å². The third-order valence-corrected chi connectivity index (χ3v) is 4.00. The zero-order valence-corrected chi connectivity index (χ0v) is 10.1. The summed E-state index contributed by atoms with van der Waals surface area (Å²) in [6.07, 6.45) is 1.21. The minimum Gasteiger partial charge on any atom is -0.480 e. The summed E-state index contributed by atoms with van der Waals surface area (Å²) < 4.78 is -1.51. The molecule has 1 aliphatic carbocycles. The maximum absolute atomic E-state index is 11.0. The van der Waals surface area contributed by atoms with E-state index in [2.05, 4.69) is 15.9 Å². The van der Waals surface area contributed by atoms with Crippen molar-refractivity contribution >= 4 is 39.5 Å². The summed E-state index contributed by atoms with van der Waals surface area (Å²) in [5.41, 5.74) is 0.468. The summed E-state index contributed by atoms with van der Waals surface area (Å²) in [5.74, 6) is -2.33. The first-order chi connectivity index (χ1) is 6.79. The zero-order chi connectivity index (χ0) is 11.8. The number of carboxylic acids is 2. The molecule has 0 aromatic carbocycles. The molecule has 0 aliphatic heterocycles. The predicted molar refractivity (Wildman–Crippen MR) is 58.2 cm³/mol. The number of carboxylic acid groups (broad SMARTS) is 2. The van der Waals surface area contributed by atoms with Crippen LogP contribution in [0.25, 0.3) is 0 Å². The number of rotatable bonds is 2. The third-order valence-electron chi connectivity index (χ3n) is 2.13. The van der Waals surface area contributed by atoms with E-state index in [4.69, 9.17) is 21.8 Å². The van der Waals surface area contributed by atoms with Gasteiger partial charge in [-0.3, -0.25) is 4.79 Å². The smallest absolute Gasteiger partial charge is 0.331 e. The van der Waals surface area contributed by atoms with Crippen molar-refractivity contribution < 1.29 is 19.8 Å². The molecular weight excluding hydrogens is 287 g/mol. The van der Waals surface area contributed by atoms with Gasteiger partial charge in [-0.05, 0) is 18.6 Å². The molecule has 4 nitrogen and oxygen atoms in total. The van der Waals surface area contributed by atoms with Crippen LogP contribution in [0.1, 0.15) is 13.3 Å². The van der Waals surface area contributed by atoms with E-state index < -0.39 is 16.3 Å². The monoisotopic (exact) mass is 294 g/mol. The normalized spacial score (nSPS) is 26.2. The number of carbonyl (C=O) groups is 2. The molecule has 0 amide bonds. The van der Waals surface area contributed by atoms with Gasteiger partial charge in [-0.2, -0.15) is 0 Å². The van der Waals surface area contributed by atoms with E-state index in [1.807, 2.05) is 0 Å². The second-order valence-corrected chi connectivity index (χ2v) is 4.99. The topological polar surface area (TPSA) is 74.6 Å². The van der Waals surface area contributed by atoms with Gasteiger partial charge in [0.25, 0.3) is 0 Å². The molecule has 0 radical (unpaired) electrons. The van der Waals surface area contributed by atoms with Crippen molar-refractivity contribution in [3.63, 3.8) is 0 Å². The van der Waals surface area contributed by atoms with Crippen LogP contribution < -0.4 is 0 Å². The summed E-state index contributed by atoms with van der Waals surface area (Å²) in [5, 5.41) is 17.9. The summed E-state index contributed by atoms with van der Waals surface area (Å²) >= 11 is 8.83. The molecule has 0 spiro atoms. The van der Waals surface area contributed by atoms with E-state index in [9.17, 15) is 9.59 Å². The Morgan fingerprint density at radius 3 is 2.47 bits per heavy atom. The summed E-state index contributed by atoms with van der Waals surface area (Å²) in [4.78, 5) is 21.8. The average Bonchev–Trinajstić information content (AvgIpc) is 2.12. The van der Waals surface area contributed by atoms with Gasteiger partial charge in [0.05, 0.1) is 0 Å². The van der Waals surface area contributed by atoms with Crippen molar-refractivity contribution in [2.45, 2.75) is 17.7 Å². The Balaban J connectivity index is 3.26. The lowest BCUT2D eigenvalue weighted by molar-refractivity contribution is -0.138. The van der Waals surface area contributed by atoms with E-state index in [0.717, 1.165) is 0 Å². The van der Waals surface area contributed by atoms with E-state index in [0.29, 0.717) is 5.57 Å². The molecule has 0 aromatic heterocycles. The lowest BCUT2D eigenvalue weighted by atomic mass is 9.90. The average molecular weight is 296 g/mol. The van der Waals surface area contributed by atoms with Gasteiger partial charge in [-0.15, -0.1) is 0 Å². The highest BCUT2D eigenvalue weighted by Gasteiger charge is 2.44. The van der Waals surface area contributed by atoms with E-state index in [1.54, 1.807) is 6.92 Å². The molecule has 1 atom stereocenters. The van der Waals surface area contributed by atoms with Gasteiger partial charge in [0.15, 0.2) is 4.32 Å². The fraction of sp³-hybridized carbons (Fsp3) is 0.333. The van der Waals surface area contributed by atoms with Crippen LogP contribution in [0.4, 0.5) is 0 Å². The largest absolute Gasteiger partial charge is 0.480 e. The fourth-order valence-corrected chi connectivity index (χ4v) is 2.15. The quantitative estimate of drug-likeness (QED) is 0.765. The molecule has 0 fully saturated rings. The number of halogens is 2. The second-order valence-electron chi connectivity index (χ2n) is 3.25. The van der Waals surface area contributed by atoms with Gasteiger partial charge in [0.2, 0.25) is 0 Å². The Labute approximate surface area is 99.4 Å². The molecule has 6 heteroatoms. The van der Waals surface area contributed by atoms with Crippen molar-refractivity contribution in [1.29, 1.82) is 0 Å². The maximum Gasteiger partial charge on any atom is 0.331 e. The molecule has 0 heterocycles. The summed E-state index contributed by atoms with van der Waals surface area (Å²) in [6, 6.07) is 0. The van der Waals surface area contributed by atoms with Gasteiger partial charge in [0.1, 0.15) is 0 Å². The highest BCUT2D eigenvalue weighted by atomic mass is 79.9. The molecule has 0 bridgehead atoms. The van der Waals surface area contributed by atoms with Crippen molar-refractivity contribution in [1.82, 2.24) is 0 Å². The first kappa shape index (κ1) is 12.3. The molecule has 15 heavy (non-hydrogen) atoms. The highest BCUT2D eigenvalue weighted by molar-refractivity contribution is 9.10. The van der Waals surface area contributed by atoms with Gasteiger partial charge < -0.3 is 10.2 Å². The van der Waals surface area contributed by atoms with Crippen LogP contribution in [-0.2, 0) is 9.59 Å². The van der Waals surface area contributed by atoms with Gasteiger partial charge in [-0.25, -0.2) is 4.79 Å². The molecule has 0 saturated carbocycles. The molecule has 1 unspecified atom stereocenters. The van der Waals surface area contributed by atoms with Crippen molar-refractivity contribution in [2.75, 3.05) is 0 Å². The predicted octanol–water partition coefficient (Wildman–Crippen LogP) is 2.13. The van der Waals surface area contributed by atoms with Crippen LogP contribution in [0.5, 0.6) is 0 Å². The van der Waals surface area contributed by atoms with Crippen LogP contribution in [0.15, 0.2) is 22.3 Å². The van der Waals surface area contributed by atoms with Crippen LogP contribution in [0.3, 0.4) is 0 Å². The van der Waals surface area contributed by atoms with Gasteiger partial charge >= 0.3 is 11.9 Å². The Morgan fingerprint density at radius 2 is 2.07 bits per heavy atom. The Kier molecular flexibility index (Phi) is 3.25. The van der Waals surface area contributed by atoms with Crippen molar-refractivity contribution in [3.05, 3.63) is 22.3 Å². The number of hydrogen-bond donors (Lipinski definition) is 2. The molecule has 1 rings (SSSR count). The minimum atomic E-state index is -1.51. The number of alkyl halides is 1. The summed E-state index contributed by atoms with van der Waals surface area (Å²) in [7, 11) is 0. The Hall–Kier alpha value is -0.810. The number of aliphatic carboxylic acids is 2. The minimum absolute atomic E-state index is 0.0242. The molecule has 0 saturated heterocycles. The molecule has 0 aromatic rings. The molecule has 1 aliphatic rings. The Morgan fingerprint density at radius 1 is 1.53 bits per heavy atom. The van der Waals surface area contributed by atoms with Gasteiger partial charge in [-0.1, -0.05) is 27.5 Å². The lowest BCUT2D eigenvalue weighted by Crippen LogP contribution is -2.36. The van der Waals surface area contributed by atoms with Crippen LogP contribution in [0.2, 0.25) is 0 Å². The van der Waals surface area contributed by atoms with Crippen molar-refractivity contribution in [2.24, 2.45) is 0 Å². The molecular formula is C9H8BrClO4. The van der Waals surface area contributed by atoms with Crippen LogP contribution >= 0.6 is 27.5 Å². The fourth-order valence-electron chi connectivity index (χ4n) is 1.34. The van der Waals surface area contributed by atoms with E-state index >= 15 is 0 Å². The molecule has 82 valence electrons. The first-order valence-electron chi connectivity index (χ1n) is 4.02. The van der Waals surface area contributed by atoms with E-state index in [-0.39, 0.29) is 17.0 Å². The van der Waals surface area contributed by atoms with Crippen LogP contribution in [0, 0.1) is 0 Å². The Bertz CT molecular complexity index is 399. The van der Waals surface area contributed by atoms with Gasteiger partial charge in [0, 0.05) is 17.0 Å². The zero-order valence-electron chi connectivity index (χ0n) is 7.75. The summed E-state index contributed by atoms with van der Waals surface area (Å²) in [6.45, 7) is 1.57. The third kappa shape index (κ3) is 2.08. The lowest BCUT2D eigenvalue weighted by Gasteiger charge is -2.27. The number of allylic oxidation sites excluding steroid dienone is 2. The molecule has 2 N–H and O–H groups in total. The second kappa shape index (κ2) is 3.98.